The molecule has 0 bridgehead atoms. The lowest BCUT2D eigenvalue weighted by atomic mass is 9.89. The van der Waals surface area contributed by atoms with Crippen LogP contribution in [0.25, 0.3) is 5.69 Å². The molecule has 1 aromatic carbocycles. The van der Waals surface area contributed by atoms with Crippen molar-refractivity contribution >= 4 is 17.5 Å². The summed E-state index contributed by atoms with van der Waals surface area (Å²) in [7, 11) is 0. The van der Waals surface area contributed by atoms with Gasteiger partial charge in [0.25, 0.3) is 5.91 Å². The summed E-state index contributed by atoms with van der Waals surface area (Å²) < 4.78 is 1.44. The fraction of sp³-hybridized carbons (Fsp3) is 0.400. The molecule has 0 radical (unpaired) electrons. The summed E-state index contributed by atoms with van der Waals surface area (Å²) in [5.41, 5.74) is 0.508. The lowest BCUT2D eigenvalue weighted by Crippen LogP contribution is -2.39. The lowest BCUT2D eigenvalue weighted by molar-refractivity contribution is 0.0585. The second-order valence-corrected chi connectivity index (χ2v) is 6.50. The normalized spacial score (nSPS) is 13.0. The van der Waals surface area contributed by atoms with Crippen LogP contribution in [-0.2, 0) is 0 Å². The van der Waals surface area contributed by atoms with Crippen LogP contribution in [0.15, 0.2) is 30.5 Å². The highest BCUT2D eigenvalue weighted by atomic mass is 35.5. The van der Waals surface area contributed by atoms with Gasteiger partial charge in [0.15, 0.2) is 5.69 Å². The molecule has 0 spiro atoms. The van der Waals surface area contributed by atoms with E-state index in [-0.39, 0.29) is 23.6 Å². The Hall–Kier alpha value is -1.92. The number of nitrogens with zero attached hydrogens (tertiary/aromatic N) is 3. The summed E-state index contributed by atoms with van der Waals surface area (Å²) >= 11 is 6.08. The number of carbonyl (C=O) groups excluding carboxylic acids is 1. The molecule has 1 atom stereocenters. The topological polar surface area (TPSA) is 80.0 Å². The summed E-state index contributed by atoms with van der Waals surface area (Å²) in [5.74, 6) is -0.387. The van der Waals surface area contributed by atoms with Gasteiger partial charge in [-0.3, -0.25) is 4.79 Å². The van der Waals surface area contributed by atoms with Crippen molar-refractivity contribution in [1.29, 1.82) is 0 Å². The highest BCUT2D eigenvalue weighted by molar-refractivity contribution is 6.32. The van der Waals surface area contributed by atoms with Crippen LogP contribution in [0, 0.1) is 5.41 Å². The number of carbonyl (C=O) groups is 1. The third-order valence-electron chi connectivity index (χ3n) is 3.28. The molecule has 1 heterocycles. The molecule has 0 aliphatic rings. The van der Waals surface area contributed by atoms with E-state index in [2.05, 4.69) is 15.6 Å². The van der Waals surface area contributed by atoms with E-state index in [0.29, 0.717) is 10.7 Å². The average Bonchev–Trinajstić information content (AvgIpc) is 2.93. The number of hydrogen-bond donors (Lipinski definition) is 2. The maximum atomic E-state index is 12.0. The first-order valence-electron chi connectivity index (χ1n) is 6.92. The molecule has 1 amide bonds. The van der Waals surface area contributed by atoms with Crippen LogP contribution < -0.4 is 5.32 Å². The van der Waals surface area contributed by atoms with Gasteiger partial charge in [-0.25, -0.2) is 4.68 Å². The van der Waals surface area contributed by atoms with Crippen molar-refractivity contribution in [2.45, 2.75) is 26.9 Å². The van der Waals surface area contributed by atoms with Crippen molar-refractivity contribution in [3.63, 3.8) is 0 Å². The zero-order chi connectivity index (χ0) is 16.3. The third kappa shape index (κ3) is 3.84. The van der Waals surface area contributed by atoms with Gasteiger partial charge in [0, 0.05) is 6.54 Å². The van der Waals surface area contributed by atoms with Gasteiger partial charge in [0.2, 0.25) is 0 Å². The van der Waals surface area contributed by atoms with Crippen LogP contribution in [0.4, 0.5) is 0 Å². The molecular weight excluding hydrogens is 304 g/mol. The van der Waals surface area contributed by atoms with Gasteiger partial charge in [-0.1, -0.05) is 49.7 Å². The van der Waals surface area contributed by atoms with Gasteiger partial charge in [0.1, 0.15) is 0 Å². The maximum absolute atomic E-state index is 12.0. The zero-order valence-corrected chi connectivity index (χ0v) is 13.5. The van der Waals surface area contributed by atoms with E-state index < -0.39 is 6.10 Å². The molecule has 2 rings (SSSR count). The molecule has 22 heavy (non-hydrogen) atoms. The summed E-state index contributed by atoms with van der Waals surface area (Å²) in [6.07, 6.45) is 0.857. The Balaban J connectivity index is 2.06. The Kier molecular flexibility index (Phi) is 4.83. The van der Waals surface area contributed by atoms with Crippen molar-refractivity contribution in [3.05, 3.63) is 41.2 Å². The number of aromatic nitrogens is 3. The molecule has 6 nitrogen and oxygen atoms in total. The number of nitrogens with one attached hydrogen (secondary N) is 1. The zero-order valence-electron chi connectivity index (χ0n) is 12.7. The van der Waals surface area contributed by atoms with Crippen molar-refractivity contribution in [3.8, 4) is 5.69 Å². The largest absolute Gasteiger partial charge is 0.391 e. The van der Waals surface area contributed by atoms with Crippen LogP contribution in [0.1, 0.15) is 31.3 Å². The van der Waals surface area contributed by atoms with Crippen LogP contribution in [0.2, 0.25) is 5.02 Å². The van der Waals surface area contributed by atoms with E-state index in [1.165, 1.54) is 10.9 Å². The minimum absolute atomic E-state index is 0.154. The predicted octanol–water partition coefficient (Wildman–Crippen LogP) is 2.06. The Morgan fingerprint density at radius 3 is 2.73 bits per heavy atom. The molecule has 2 N–H and O–H groups in total. The Labute approximate surface area is 134 Å². The van der Waals surface area contributed by atoms with E-state index in [1.54, 1.807) is 12.1 Å². The lowest BCUT2D eigenvalue weighted by Gasteiger charge is -2.25. The van der Waals surface area contributed by atoms with Crippen molar-refractivity contribution in [2.24, 2.45) is 5.41 Å². The number of hydrogen-bond acceptors (Lipinski definition) is 4. The van der Waals surface area contributed by atoms with E-state index >= 15 is 0 Å². The van der Waals surface area contributed by atoms with Crippen molar-refractivity contribution in [1.82, 2.24) is 20.3 Å². The summed E-state index contributed by atoms with van der Waals surface area (Å²) in [6.45, 7) is 5.85. The van der Waals surface area contributed by atoms with E-state index in [1.807, 2.05) is 32.9 Å². The highest BCUT2D eigenvalue weighted by Gasteiger charge is 2.23. The van der Waals surface area contributed by atoms with Crippen LogP contribution in [0.5, 0.6) is 0 Å². The first-order valence-corrected chi connectivity index (χ1v) is 7.30. The second-order valence-electron chi connectivity index (χ2n) is 6.09. The van der Waals surface area contributed by atoms with E-state index in [9.17, 15) is 9.90 Å². The molecule has 118 valence electrons. The smallest absolute Gasteiger partial charge is 0.273 e. The van der Waals surface area contributed by atoms with Gasteiger partial charge in [0.05, 0.1) is 23.0 Å². The van der Waals surface area contributed by atoms with Crippen molar-refractivity contribution < 1.29 is 9.90 Å². The number of benzene rings is 1. The SMILES string of the molecule is CC(C)(C)C(O)CNC(=O)c1cn(-c2ccccc2Cl)nn1. The number of rotatable bonds is 4. The van der Waals surface area contributed by atoms with Crippen LogP contribution in [0.3, 0.4) is 0 Å². The fourth-order valence-electron chi connectivity index (χ4n) is 1.71. The average molecular weight is 323 g/mol. The van der Waals surface area contributed by atoms with Gasteiger partial charge in [-0.05, 0) is 17.5 Å². The molecule has 0 fully saturated rings. The Morgan fingerprint density at radius 1 is 1.41 bits per heavy atom. The quantitative estimate of drug-likeness (QED) is 0.903. The molecule has 7 heteroatoms. The number of para-hydroxylation sites is 1. The van der Waals surface area contributed by atoms with E-state index in [0.717, 1.165) is 0 Å². The molecule has 0 saturated carbocycles. The first-order chi connectivity index (χ1) is 10.3. The van der Waals surface area contributed by atoms with Gasteiger partial charge in [-0.15, -0.1) is 5.10 Å². The van der Waals surface area contributed by atoms with E-state index in [4.69, 9.17) is 11.6 Å². The highest BCUT2D eigenvalue weighted by Crippen LogP contribution is 2.19. The first kappa shape index (κ1) is 16.5. The molecule has 0 aliphatic heterocycles. The summed E-state index contributed by atoms with van der Waals surface area (Å²) in [5, 5.41) is 20.8. The monoisotopic (exact) mass is 322 g/mol. The van der Waals surface area contributed by atoms with Gasteiger partial charge < -0.3 is 10.4 Å². The molecule has 1 unspecified atom stereocenters. The van der Waals surface area contributed by atoms with Crippen molar-refractivity contribution in [2.75, 3.05) is 6.54 Å². The molecule has 0 saturated heterocycles. The standard InChI is InChI=1S/C15H19ClN4O2/c1-15(2,3)13(21)8-17-14(22)11-9-20(19-18-11)12-7-5-4-6-10(12)16/h4-7,9,13,21H,8H2,1-3H3,(H,17,22). The molecule has 0 aliphatic carbocycles. The number of amides is 1. The predicted molar refractivity (Wildman–Crippen MR) is 84.2 cm³/mol. The van der Waals surface area contributed by atoms with Gasteiger partial charge in [-0.2, -0.15) is 0 Å². The summed E-state index contributed by atoms with van der Waals surface area (Å²) in [4.78, 5) is 12.0. The maximum Gasteiger partial charge on any atom is 0.273 e. The molecule has 1 aromatic heterocycles. The molecular formula is C15H19ClN4O2. The Morgan fingerprint density at radius 2 is 2.09 bits per heavy atom. The number of aliphatic hydroxyl groups excluding tert-OH is 1. The number of aliphatic hydroxyl groups is 1. The number of halogens is 1. The van der Waals surface area contributed by atoms with Crippen LogP contribution in [-0.4, -0.2) is 38.7 Å². The minimum atomic E-state index is -0.643. The third-order valence-corrected chi connectivity index (χ3v) is 3.60. The molecule has 2 aromatic rings. The second kappa shape index (κ2) is 6.46. The summed E-state index contributed by atoms with van der Waals surface area (Å²) in [6, 6.07) is 7.15. The minimum Gasteiger partial charge on any atom is -0.391 e. The fourth-order valence-corrected chi connectivity index (χ4v) is 1.93. The van der Waals surface area contributed by atoms with Gasteiger partial charge >= 0.3 is 0 Å². The Bertz CT molecular complexity index is 664. The van der Waals surface area contributed by atoms with Crippen LogP contribution >= 0.6 is 11.6 Å².